The quantitative estimate of drug-likeness (QED) is 0.617. The first kappa shape index (κ1) is 23.4. The molecule has 1 saturated carbocycles. The number of benzene rings is 2. The maximum atomic E-state index is 13.1. The summed E-state index contributed by atoms with van der Waals surface area (Å²) in [7, 11) is 0. The predicted octanol–water partition coefficient (Wildman–Crippen LogP) is 4.41. The highest BCUT2D eigenvalue weighted by molar-refractivity contribution is 5.85. The van der Waals surface area contributed by atoms with Crippen LogP contribution in [-0.4, -0.2) is 53.2 Å². The predicted molar refractivity (Wildman–Crippen MR) is 131 cm³/mol. The van der Waals surface area contributed by atoms with Gasteiger partial charge < -0.3 is 20.1 Å². The van der Waals surface area contributed by atoms with E-state index < -0.39 is 18.1 Å². The van der Waals surface area contributed by atoms with E-state index in [0.29, 0.717) is 13.0 Å². The third kappa shape index (κ3) is 4.51. The summed E-state index contributed by atoms with van der Waals surface area (Å²) in [6.07, 6.45) is 3.21. The van der Waals surface area contributed by atoms with Crippen molar-refractivity contribution in [1.82, 2.24) is 10.2 Å². The second-order valence-electron chi connectivity index (χ2n) is 10.1. The lowest BCUT2D eigenvalue weighted by molar-refractivity contribution is -0.149. The molecular formula is C28H32N2O5. The smallest absolute Gasteiger partial charge is 0.407 e. The van der Waals surface area contributed by atoms with Crippen LogP contribution in [0.25, 0.3) is 11.1 Å². The van der Waals surface area contributed by atoms with E-state index in [9.17, 15) is 19.5 Å². The Morgan fingerprint density at radius 3 is 2.23 bits per heavy atom. The van der Waals surface area contributed by atoms with Gasteiger partial charge in [-0.1, -0.05) is 61.9 Å². The van der Waals surface area contributed by atoms with Gasteiger partial charge in [-0.2, -0.15) is 0 Å². The number of nitrogens with one attached hydrogen (secondary N) is 1. The summed E-state index contributed by atoms with van der Waals surface area (Å²) < 4.78 is 5.70. The van der Waals surface area contributed by atoms with E-state index in [1.54, 1.807) is 0 Å². The van der Waals surface area contributed by atoms with Crippen LogP contribution in [0.15, 0.2) is 48.5 Å². The number of hydrogen-bond acceptors (Lipinski definition) is 4. The van der Waals surface area contributed by atoms with Crippen molar-refractivity contribution in [3.05, 3.63) is 59.7 Å². The van der Waals surface area contributed by atoms with Crippen LogP contribution in [0, 0.1) is 11.8 Å². The highest BCUT2D eigenvalue weighted by atomic mass is 16.5. The van der Waals surface area contributed by atoms with E-state index in [4.69, 9.17) is 4.74 Å². The minimum absolute atomic E-state index is 0.0284. The molecule has 0 spiro atoms. The van der Waals surface area contributed by atoms with Crippen molar-refractivity contribution in [1.29, 1.82) is 0 Å². The normalized spacial score (nSPS) is 22.1. The Morgan fingerprint density at radius 1 is 1.03 bits per heavy atom. The molecular weight excluding hydrogens is 444 g/mol. The molecule has 1 aliphatic heterocycles. The number of carboxylic acid groups (broad SMARTS) is 1. The Morgan fingerprint density at radius 2 is 1.66 bits per heavy atom. The summed E-state index contributed by atoms with van der Waals surface area (Å²) in [5.41, 5.74) is 4.64. The molecule has 2 fully saturated rings. The Bertz CT molecular complexity index is 1080. The van der Waals surface area contributed by atoms with Crippen LogP contribution in [0.3, 0.4) is 0 Å². The number of fused-ring (bicyclic) bond motifs is 3. The molecule has 2 aromatic rings. The van der Waals surface area contributed by atoms with Crippen molar-refractivity contribution in [3.63, 3.8) is 0 Å². The van der Waals surface area contributed by atoms with Crippen LogP contribution in [0.4, 0.5) is 4.79 Å². The SMILES string of the molecule is CC1CCN(C(=O)CC(NC(=O)OCC2c3ccccc3-c3ccccc32)C2CCC2)C1C(=O)O. The Kier molecular flexibility index (Phi) is 6.50. The fourth-order valence-corrected chi connectivity index (χ4v) is 5.88. The van der Waals surface area contributed by atoms with Crippen molar-refractivity contribution >= 4 is 18.0 Å². The Hall–Kier alpha value is -3.35. The third-order valence-electron chi connectivity index (χ3n) is 8.03. The van der Waals surface area contributed by atoms with Gasteiger partial charge in [0, 0.05) is 24.9 Å². The summed E-state index contributed by atoms with van der Waals surface area (Å²) >= 11 is 0. The molecule has 2 amide bonds. The lowest BCUT2D eigenvalue weighted by Crippen LogP contribution is -2.49. The fraction of sp³-hybridized carbons (Fsp3) is 0.464. The molecule has 0 bridgehead atoms. The number of likely N-dealkylation sites (tertiary alicyclic amines) is 1. The number of alkyl carbamates (subject to hydrolysis) is 1. The van der Waals surface area contributed by atoms with E-state index in [2.05, 4.69) is 29.6 Å². The summed E-state index contributed by atoms with van der Waals surface area (Å²) in [6, 6.07) is 15.2. The number of rotatable bonds is 7. The van der Waals surface area contributed by atoms with Gasteiger partial charge in [0.15, 0.2) is 0 Å². The van der Waals surface area contributed by atoms with E-state index >= 15 is 0 Å². The highest BCUT2D eigenvalue weighted by Gasteiger charge is 2.41. The van der Waals surface area contributed by atoms with Crippen molar-refractivity contribution in [2.45, 2.75) is 57.0 Å². The second kappa shape index (κ2) is 9.72. The van der Waals surface area contributed by atoms with E-state index in [0.717, 1.165) is 30.4 Å². The molecule has 2 aromatic carbocycles. The van der Waals surface area contributed by atoms with Gasteiger partial charge in [-0.05, 0) is 53.4 Å². The van der Waals surface area contributed by atoms with Gasteiger partial charge in [0.1, 0.15) is 12.6 Å². The number of ether oxygens (including phenoxy) is 1. The minimum atomic E-state index is -0.965. The van der Waals surface area contributed by atoms with E-state index in [1.807, 2.05) is 31.2 Å². The topological polar surface area (TPSA) is 95.9 Å². The van der Waals surface area contributed by atoms with Gasteiger partial charge in [0.2, 0.25) is 5.91 Å². The van der Waals surface area contributed by atoms with Gasteiger partial charge in [-0.15, -0.1) is 0 Å². The summed E-state index contributed by atoms with van der Waals surface area (Å²) in [6.45, 7) is 2.53. The monoisotopic (exact) mass is 476 g/mol. The first-order valence-electron chi connectivity index (χ1n) is 12.6. The molecule has 3 atom stereocenters. The van der Waals surface area contributed by atoms with Crippen LogP contribution in [0.1, 0.15) is 56.1 Å². The van der Waals surface area contributed by atoms with Crippen molar-refractivity contribution < 1.29 is 24.2 Å². The molecule has 184 valence electrons. The van der Waals surface area contributed by atoms with E-state index in [-0.39, 0.29) is 42.7 Å². The van der Waals surface area contributed by atoms with Crippen LogP contribution in [0.5, 0.6) is 0 Å². The maximum Gasteiger partial charge on any atom is 0.407 e. The molecule has 2 aliphatic carbocycles. The number of amides is 2. The number of carboxylic acids is 1. The largest absolute Gasteiger partial charge is 0.480 e. The number of hydrogen-bond donors (Lipinski definition) is 2. The van der Waals surface area contributed by atoms with E-state index in [1.165, 1.54) is 16.0 Å². The molecule has 7 heteroatoms. The summed E-state index contributed by atoms with van der Waals surface area (Å²) in [5, 5.41) is 12.5. The Labute approximate surface area is 205 Å². The zero-order chi connectivity index (χ0) is 24.5. The van der Waals surface area contributed by atoms with Crippen molar-refractivity contribution in [2.75, 3.05) is 13.2 Å². The molecule has 3 aliphatic rings. The molecule has 35 heavy (non-hydrogen) atoms. The molecule has 2 N–H and O–H groups in total. The molecule has 1 saturated heterocycles. The first-order chi connectivity index (χ1) is 16.9. The molecule has 7 nitrogen and oxygen atoms in total. The van der Waals surface area contributed by atoms with Gasteiger partial charge >= 0.3 is 12.1 Å². The first-order valence-corrected chi connectivity index (χ1v) is 12.6. The zero-order valence-electron chi connectivity index (χ0n) is 20.0. The average Bonchev–Trinajstić information content (AvgIpc) is 3.35. The van der Waals surface area contributed by atoms with Crippen LogP contribution in [-0.2, 0) is 14.3 Å². The fourth-order valence-electron chi connectivity index (χ4n) is 5.88. The number of aliphatic carboxylic acids is 1. The van der Waals surface area contributed by atoms with Crippen molar-refractivity contribution in [3.8, 4) is 11.1 Å². The van der Waals surface area contributed by atoms with Gasteiger partial charge in [0.05, 0.1) is 0 Å². The molecule has 5 rings (SSSR count). The van der Waals surface area contributed by atoms with Crippen LogP contribution >= 0.6 is 0 Å². The zero-order valence-corrected chi connectivity index (χ0v) is 20.0. The lowest BCUT2D eigenvalue weighted by Gasteiger charge is -2.35. The lowest BCUT2D eigenvalue weighted by atomic mass is 9.78. The molecule has 3 unspecified atom stereocenters. The van der Waals surface area contributed by atoms with Gasteiger partial charge in [0.25, 0.3) is 0 Å². The van der Waals surface area contributed by atoms with Crippen LogP contribution in [0.2, 0.25) is 0 Å². The van der Waals surface area contributed by atoms with Crippen molar-refractivity contribution in [2.24, 2.45) is 11.8 Å². The van der Waals surface area contributed by atoms with Crippen LogP contribution < -0.4 is 5.32 Å². The average molecular weight is 477 g/mol. The molecule has 0 aromatic heterocycles. The second-order valence-corrected chi connectivity index (χ2v) is 10.1. The number of nitrogens with zero attached hydrogens (tertiary/aromatic N) is 1. The minimum Gasteiger partial charge on any atom is -0.480 e. The summed E-state index contributed by atoms with van der Waals surface area (Å²) in [5.74, 6) is -1.07. The number of carbonyl (C=O) groups excluding carboxylic acids is 2. The number of carbonyl (C=O) groups is 3. The van der Waals surface area contributed by atoms with Gasteiger partial charge in [-0.25, -0.2) is 9.59 Å². The highest BCUT2D eigenvalue weighted by Crippen LogP contribution is 2.44. The summed E-state index contributed by atoms with van der Waals surface area (Å²) in [4.78, 5) is 39.1. The third-order valence-corrected chi connectivity index (χ3v) is 8.03. The maximum absolute atomic E-state index is 13.1. The standard InChI is InChI=1S/C28H32N2O5/c1-17-13-14-30(26(17)27(32)33)25(31)15-24(18-7-6-8-18)29-28(34)35-16-23-21-11-4-2-9-19(21)20-10-3-5-12-22(20)23/h2-5,9-12,17-18,23-24,26H,6-8,13-16H2,1H3,(H,29,34)(H,32,33). The molecule has 0 radical (unpaired) electrons. The Balaban J connectivity index is 1.23. The van der Waals surface area contributed by atoms with Gasteiger partial charge in [-0.3, -0.25) is 4.79 Å². The molecule has 1 heterocycles.